The Bertz CT molecular complexity index is 514. The lowest BCUT2D eigenvalue weighted by Crippen LogP contribution is -2.41. The molecule has 0 unspecified atom stereocenters. The largest absolute Gasteiger partial charge is 0.495 e. The molecule has 1 aromatic rings. The fourth-order valence-electron chi connectivity index (χ4n) is 2.60. The third kappa shape index (κ3) is 1.96. The van der Waals surface area contributed by atoms with Gasteiger partial charge in [-0.15, -0.1) is 0 Å². The number of nitrogens with one attached hydrogen (secondary N) is 1. The Hall–Kier alpha value is -1.07. The van der Waals surface area contributed by atoms with Crippen LogP contribution in [0.3, 0.4) is 0 Å². The van der Waals surface area contributed by atoms with Crippen LogP contribution in [0.15, 0.2) is 12.1 Å². The highest BCUT2D eigenvalue weighted by molar-refractivity contribution is 6.62. The molecule has 1 saturated heterocycles. The van der Waals surface area contributed by atoms with Crippen molar-refractivity contribution < 1.29 is 13.7 Å². The second-order valence-electron chi connectivity index (χ2n) is 6.29. The van der Waals surface area contributed by atoms with E-state index in [2.05, 4.69) is 5.32 Å². The van der Waals surface area contributed by atoms with Crippen molar-refractivity contribution in [2.75, 3.05) is 11.9 Å². The molecule has 2 aliphatic rings. The minimum atomic E-state index is -0.491. The van der Waals surface area contributed by atoms with Crippen molar-refractivity contribution in [3.8, 4) is 0 Å². The van der Waals surface area contributed by atoms with Gasteiger partial charge in [0.2, 0.25) is 0 Å². The minimum Gasteiger partial charge on any atom is -0.399 e. The van der Waals surface area contributed by atoms with E-state index in [0.717, 1.165) is 29.7 Å². The van der Waals surface area contributed by atoms with E-state index in [-0.39, 0.29) is 5.82 Å². The summed E-state index contributed by atoms with van der Waals surface area (Å²) in [6, 6.07) is 3.07. The number of rotatable bonds is 1. The van der Waals surface area contributed by atoms with Crippen LogP contribution in [0, 0.1) is 5.82 Å². The topological polar surface area (TPSA) is 30.5 Å². The van der Waals surface area contributed by atoms with Gasteiger partial charge in [-0.2, -0.15) is 0 Å². The van der Waals surface area contributed by atoms with Crippen LogP contribution in [0.25, 0.3) is 0 Å². The van der Waals surface area contributed by atoms with Crippen LogP contribution in [0.5, 0.6) is 0 Å². The molecule has 0 amide bonds. The van der Waals surface area contributed by atoms with Gasteiger partial charge in [0.15, 0.2) is 0 Å². The van der Waals surface area contributed by atoms with Crippen LogP contribution in [0.1, 0.15) is 33.3 Å². The maximum absolute atomic E-state index is 13.7. The maximum atomic E-state index is 13.7. The summed E-state index contributed by atoms with van der Waals surface area (Å²) in [5.41, 5.74) is 1.99. The van der Waals surface area contributed by atoms with Gasteiger partial charge in [-0.3, -0.25) is 0 Å². The van der Waals surface area contributed by atoms with Gasteiger partial charge in [0, 0.05) is 12.2 Å². The molecule has 0 spiro atoms. The third-order valence-electron chi connectivity index (χ3n) is 4.45. The molecule has 0 atom stereocenters. The molecule has 0 saturated carbocycles. The van der Waals surface area contributed by atoms with Crippen molar-refractivity contribution in [3.63, 3.8) is 0 Å². The van der Waals surface area contributed by atoms with E-state index in [1.165, 1.54) is 12.1 Å². The maximum Gasteiger partial charge on any atom is 0.495 e. The normalized spacial score (nSPS) is 23.3. The molecular weight excluding hydrogens is 244 g/mol. The Balaban J connectivity index is 2.01. The summed E-state index contributed by atoms with van der Waals surface area (Å²) in [6.45, 7) is 8.86. The molecule has 2 heterocycles. The molecule has 0 aliphatic carbocycles. The van der Waals surface area contributed by atoms with Gasteiger partial charge in [-0.25, -0.2) is 4.39 Å². The standard InChI is InChI=1S/C14H19BFNO2/c1-13(2)14(3,4)19-15(18-13)11-7-9(16)8-12-10(11)5-6-17-12/h7-8,17H,5-6H2,1-4H3. The first-order valence-electron chi connectivity index (χ1n) is 6.72. The van der Waals surface area contributed by atoms with Crippen LogP contribution in [-0.2, 0) is 15.7 Å². The molecule has 1 N–H and O–H groups in total. The summed E-state index contributed by atoms with van der Waals surface area (Å²) < 4.78 is 25.7. The number of hydrogen-bond donors (Lipinski definition) is 1. The zero-order chi connectivity index (χ0) is 13.8. The van der Waals surface area contributed by atoms with Gasteiger partial charge in [0.25, 0.3) is 0 Å². The van der Waals surface area contributed by atoms with Gasteiger partial charge in [-0.05, 0) is 57.3 Å². The summed E-state index contributed by atoms with van der Waals surface area (Å²) in [4.78, 5) is 0. The summed E-state index contributed by atoms with van der Waals surface area (Å²) in [5.74, 6) is -0.252. The van der Waals surface area contributed by atoms with Gasteiger partial charge in [0.1, 0.15) is 5.82 Å². The molecule has 102 valence electrons. The van der Waals surface area contributed by atoms with E-state index in [0.29, 0.717) is 0 Å². The zero-order valence-electron chi connectivity index (χ0n) is 11.8. The first-order valence-corrected chi connectivity index (χ1v) is 6.72. The predicted molar refractivity (Wildman–Crippen MR) is 74.3 cm³/mol. The average molecular weight is 263 g/mol. The molecule has 0 bridgehead atoms. The molecule has 5 heteroatoms. The van der Waals surface area contributed by atoms with Crippen LogP contribution < -0.4 is 10.8 Å². The number of hydrogen-bond acceptors (Lipinski definition) is 3. The van der Waals surface area contributed by atoms with E-state index in [1.807, 2.05) is 27.7 Å². The van der Waals surface area contributed by atoms with Gasteiger partial charge >= 0.3 is 7.12 Å². The second kappa shape index (κ2) is 3.96. The highest BCUT2D eigenvalue weighted by Gasteiger charge is 2.52. The summed E-state index contributed by atoms with van der Waals surface area (Å²) in [5, 5.41) is 3.20. The highest BCUT2D eigenvalue weighted by Crippen LogP contribution is 2.37. The van der Waals surface area contributed by atoms with E-state index < -0.39 is 18.3 Å². The van der Waals surface area contributed by atoms with Crippen molar-refractivity contribution in [3.05, 3.63) is 23.5 Å². The van der Waals surface area contributed by atoms with Crippen LogP contribution in [-0.4, -0.2) is 24.9 Å². The molecule has 3 nitrogen and oxygen atoms in total. The number of fused-ring (bicyclic) bond motifs is 1. The summed E-state index contributed by atoms with van der Waals surface area (Å²) in [6.07, 6.45) is 0.884. The van der Waals surface area contributed by atoms with Crippen LogP contribution in [0.2, 0.25) is 0 Å². The lowest BCUT2D eigenvalue weighted by Gasteiger charge is -2.32. The molecule has 19 heavy (non-hydrogen) atoms. The fourth-order valence-corrected chi connectivity index (χ4v) is 2.60. The third-order valence-corrected chi connectivity index (χ3v) is 4.45. The van der Waals surface area contributed by atoms with E-state index in [1.54, 1.807) is 0 Å². The lowest BCUT2D eigenvalue weighted by molar-refractivity contribution is 0.00578. The minimum absolute atomic E-state index is 0.252. The summed E-state index contributed by atoms with van der Waals surface area (Å²) in [7, 11) is -0.491. The van der Waals surface area contributed by atoms with Crippen molar-refractivity contribution in [1.29, 1.82) is 0 Å². The van der Waals surface area contributed by atoms with E-state index in [9.17, 15) is 4.39 Å². The van der Waals surface area contributed by atoms with Gasteiger partial charge < -0.3 is 14.6 Å². The molecule has 0 radical (unpaired) electrons. The van der Waals surface area contributed by atoms with Crippen molar-refractivity contribution in [2.24, 2.45) is 0 Å². The van der Waals surface area contributed by atoms with Crippen LogP contribution in [0.4, 0.5) is 10.1 Å². The zero-order valence-corrected chi connectivity index (χ0v) is 11.8. The smallest absolute Gasteiger partial charge is 0.399 e. The Kier molecular flexibility index (Phi) is 2.70. The fraction of sp³-hybridized carbons (Fsp3) is 0.571. The highest BCUT2D eigenvalue weighted by atomic mass is 19.1. The predicted octanol–water partition coefficient (Wildman–Crippen LogP) is 2.09. The average Bonchev–Trinajstić information content (AvgIpc) is 2.80. The molecule has 2 aliphatic heterocycles. The monoisotopic (exact) mass is 263 g/mol. The molecule has 1 fully saturated rings. The van der Waals surface area contributed by atoms with Crippen molar-refractivity contribution in [1.82, 2.24) is 0 Å². The van der Waals surface area contributed by atoms with Gasteiger partial charge in [0.05, 0.1) is 11.2 Å². The number of benzene rings is 1. The van der Waals surface area contributed by atoms with Gasteiger partial charge in [-0.1, -0.05) is 0 Å². The van der Waals surface area contributed by atoms with E-state index in [4.69, 9.17) is 9.31 Å². The quantitative estimate of drug-likeness (QED) is 0.787. The number of halogens is 1. The van der Waals surface area contributed by atoms with Crippen molar-refractivity contribution >= 4 is 18.3 Å². The first-order chi connectivity index (χ1) is 8.80. The Morgan fingerprint density at radius 3 is 2.42 bits per heavy atom. The SMILES string of the molecule is CC1(C)OB(c2cc(F)cc3c2CCN3)OC1(C)C. The molecular formula is C14H19BFNO2. The Morgan fingerprint density at radius 1 is 1.16 bits per heavy atom. The van der Waals surface area contributed by atoms with Crippen molar-refractivity contribution in [2.45, 2.75) is 45.3 Å². The molecule has 3 rings (SSSR count). The lowest BCUT2D eigenvalue weighted by atomic mass is 9.75. The Labute approximate surface area is 113 Å². The van der Waals surface area contributed by atoms with Crippen LogP contribution >= 0.6 is 0 Å². The molecule has 0 aromatic heterocycles. The van der Waals surface area contributed by atoms with E-state index >= 15 is 0 Å². The Morgan fingerprint density at radius 2 is 1.79 bits per heavy atom. The summed E-state index contributed by atoms with van der Waals surface area (Å²) >= 11 is 0. The number of anilines is 1. The first kappa shape index (κ1) is 12.9. The molecule has 1 aromatic carbocycles. The second-order valence-corrected chi connectivity index (χ2v) is 6.29.